The average Bonchev–Trinajstić information content (AvgIpc) is 2.99. The lowest BCUT2D eigenvalue weighted by molar-refractivity contribution is 0.169. The average molecular weight is 228 g/mol. The van der Waals surface area contributed by atoms with E-state index in [1.807, 2.05) is 0 Å². The van der Waals surface area contributed by atoms with Gasteiger partial charge in [0, 0.05) is 18.8 Å². The predicted molar refractivity (Wildman–Crippen MR) is 65.7 cm³/mol. The summed E-state index contributed by atoms with van der Waals surface area (Å²) >= 11 is 0. The Bertz CT molecular complexity index is 505. The molecule has 0 saturated carbocycles. The molecule has 0 fully saturated rings. The summed E-state index contributed by atoms with van der Waals surface area (Å²) in [5.74, 6) is 0.644. The van der Waals surface area contributed by atoms with Crippen molar-refractivity contribution >= 4 is 0 Å². The van der Waals surface area contributed by atoms with E-state index in [0.29, 0.717) is 12.2 Å². The second kappa shape index (κ2) is 4.34. The molecule has 0 radical (unpaired) electrons. The van der Waals surface area contributed by atoms with Crippen molar-refractivity contribution in [2.75, 3.05) is 0 Å². The molecule has 3 nitrogen and oxygen atoms in total. The number of benzene rings is 1. The van der Waals surface area contributed by atoms with Crippen LogP contribution in [0.2, 0.25) is 0 Å². The Morgan fingerprint density at radius 3 is 3.00 bits per heavy atom. The van der Waals surface area contributed by atoms with Gasteiger partial charge in [0.05, 0.1) is 0 Å². The number of aliphatic hydroxyl groups is 1. The van der Waals surface area contributed by atoms with Gasteiger partial charge in [-0.2, -0.15) is 0 Å². The van der Waals surface area contributed by atoms with E-state index in [9.17, 15) is 5.11 Å². The second-order valence-corrected chi connectivity index (χ2v) is 4.65. The van der Waals surface area contributed by atoms with Gasteiger partial charge in [0.2, 0.25) is 0 Å². The molecule has 1 atom stereocenters. The zero-order chi connectivity index (χ0) is 11.7. The molecule has 1 aliphatic carbocycles. The maximum Gasteiger partial charge on any atom is 0.135 e. The fourth-order valence-electron chi connectivity index (χ4n) is 2.53. The number of rotatable bonds is 3. The Labute approximate surface area is 101 Å². The Kier molecular flexibility index (Phi) is 2.69. The van der Waals surface area contributed by atoms with Crippen LogP contribution in [0.25, 0.3) is 0 Å². The highest BCUT2D eigenvalue weighted by Crippen LogP contribution is 2.24. The summed E-state index contributed by atoms with van der Waals surface area (Å²) in [6, 6.07) is 6.55. The molecule has 1 aliphatic rings. The number of aromatic amines is 1. The number of hydrogen-bond acceptors (Lipinski definition) is 2. The standard InChI is InChI=1S/C14H16N2O/c17-13(14-15-6-7-16-14)9-10-4-5-11-2-1-3-12(11)8-10/h4-8,13,17H,1-3,9H2,(H,15,16). The molecule has 88 valence electrons. The number of aryl methyl sites for hydroxylation is 2. The molecule has 0 saturated heterocycles. The minimum atomic E-state index is -0.538. The number of H-pyrrole nitrogens is 1. The van der Waals surface area contributed by atoms with E-state index in [1.165, 1.54) is 36.0 Å². The van der Waals surface area contributed by atoms with Gasteiger partial charge in [0.15, 0.2) is 0 Å². The topological polar surface area (TPSA) is 48.9 Å². The summed E-state index contributed by atoms with van der Waals surface area (Å²) < 4.78 is 0. The van der Waals surface area contributed by atoms with E-state index >= 15 is 0 Å². The van der Waals surface area contributed by atoms with E-state index < -0.39 is 6.10 Å². The Balaban J connectivity index is 1.77. The first-order valence-electron chi connectivity index (χ1n) is 6.11. The van der Waals surface area contributed by atoms with Gasteiger partial charge >= 0.3 is 0 Å². The quantitative estimate of drug-likeness (QED) is 0.846. The summed E-state index contributed by atoms with van der Waals surface area (Å²) in [5.41, 5.74) is 4.12. The van der Waals surface area contributed by atoms with Crippen molar-refractivity contribution < 1.29 is 5.11 Å². The SMILES string of the molecule is OC(Cc1ccc2c(c1)CCC2)c1ncc[nH]1. The van der Waals surface area contributed by atoms with E-state index in [0.717, 1.165) is 0 Å². The zero-order valence-electron chi connectivity index (χ0n) is 9.69. The van der Waals surface area contributed by atoms with Gasteiger partial charge in [-0.25, -0.2) is 4.98 Å². The molecule has 2 aromatic rings. The van der Waals surface area contributed by atoms with Gasteiger partial charge in [-0.15, -0.1) is 0 Å². The lowest BCUT2D eigenvalue weighted by Gasteiger charge is -2.09. The van der Waals surface area contributed by atoms with Crippen LogP contribution < -0.4 is 0 Å². The fraction of sp³-hybridized carbons (Fsp3) is 0.357. The van der Waals surface area contributed by atoms with Crippen LogP contribution in [-0.4, -0.2) is 15.1 Å². The smallest absolute Gasteiger partial charge is 0.135 e. The zero-order valence-corrected chi connectivity index (χ0v) is 9.69. The molecule has 1 heterocycles. The van der Waals surface area contributed by atoms with Gasteiger partial charge in [-0.1, -0.05) is 18.2 Å². The van der Waals surface area contributed by atoms with Crippen molar-refractivity contribution in [3.05, 3.63) is 53.1 Å². The Hall–Kier alpha value is -1.61. The minimum Gasteiger partial charge on any atom is -0.385 e. The molecule has 17 heavy (non-hydrogen) atoms. The highest BCUT2D eigenvalue weighted by atomic mass is 16.3. The monoisotopic (exact) mass is 228 g/mol. The van der Waals surface area contributed by atoms with Crippen molar-refractivity contribution in [2.45, 2.75) is 31.8 Å². The molecular formula is C14H16N2O. The van der Waals surface area contributed by atoms with Crippen molar-refractivity contribution in [2.24, 2.45) is 0 Å². The van der Waals surface area contributed by atoms with Gasteiger partial charge in [0.1, 0.15) is 11.9 Å². The van der Waals surface area contributed by atoms with Gasteiger partial charge in [-0.05, 0) is 36.0 Å². The first kappa shape index (κ1) is 10.5. The Morgan fingerprint density at radius 1 is 1.29 bits per heavy atom. The predicted octanol–water partition coefficient (Wildman–Crippen LogP) is 2.17. The third-order valence-corrected chi connectivity index (χ3v) is 3.43. The first-order valence-corrected chi connectivity index (χ1v) is 6.11. The second-order valence-electron chi connectivity index (χ2n) is 4.65. The highest BCUT2D eigenvalue weighted by molar-refractivity contribution is 5.35. The lowest BCUT2D eigenvalue weighted by Crippen LogP contribution is -2.04. The summed E-state index contributed by atoms with van der Waals surface area (Å²) in [7, 11) is 0. The third-order valence-electron chi connectivity index (χ3n) is 3.43. The molecule has 1 aromatic carbocycles. The molecule has 1 unspecified atom stereocenters. The van der Waals surface area contributed by atoms with E-state index in [2.05, 4.69) is 28.2 Å². The molecule has 0 bridgehead atoms. The number of imidazole rings is 1. The molecule has 2 N–H and O–H groups in total. The molecule has 0 amide bonds. The molecule has 3 rings (SSSR count). The van der Waals surface area contributed by atoms with Crippen LogP contribution >= 0.6 is 0 Å². The van der Waals surface area contributed by atoms with Gasteiger partial charge < -0.3 is 10.1 Å². The van der Waals surface area contributed by atoms with Crippen LogP contribution in [0, 0.1) is 0 Å². The van der Waals surface area contributed by atoms with Crippen LogP contribution in [0.3, 0.4) is 0 Å². The normalized spacial score (nSPS) is 15.8. The summed E-state index contributed by atoms with van der Waals surface area (Å²) in [5, 5.41) is 10.0. The van der Waals surface area contributed by atoms with Gasteiger partial charge in [-0.3, -0.25) is 0 Å². The van der Waals surface area contributed by atoms with Crippen LogP contribution in [0.15, 0.2) is 30.6 Å². The highest BCUT2D eigenvalue weighted by Gasteiger charge is 2.14. The first-order chi connectivity index (χ1) is 8.33. The third kappa shape index (κ3) is 2.11. The number of aromatic nitrogens is 2. The number of aliphatic hydroxyl groups excluding tert-OH is 1. The molecule has 0 aliphatic heterocycles. The number of hydrogen-bond donors (Lipinski definition) is 2. The maximum atomic E-state index is 10.0. The maximum absolute atomic E-state index is 10.0. The fourth-order valence-corrected chi connectivity index (χ4v) is 2.53. The lowest BCUT2D eigenvalue weighted by atomic mass is 10.0. The van der Waals surface area contributed by atoms with Crippen molar-refractivity contribution in [1.82, 2.24) is 9.97 Å². The van der Waals surface area contributed by atoms with Crippen molar-refractivity contribution in [3.63, 3.8) is 0 Å². The van der Waals surface area contributed by atoms with Crippen LogP contribution in [0.5, 0.6) is 0 Å². The number of nitrogens with one attached hydrogen (secondary N) is 1. The summed E-state index contributed by atoms with van der Waals surface area (Å²) in [4.78, 5) is 7.03. The van der Waals surface area contributed by atoms with Crippen molar-refractivity contribution in [3.8, 4) is 0 Å². The number of nitrogens with zero attached hydrogens (tertiary/aromatic N) is 1. The molecule has 1 aromatic heterocycles. The summed E-state index contributed by atoms with van der Waals surface area (Å²) in [6.45, 7) is 0. The van der Waals surface area contributed by atoms with E-state index in [4.69, 9.17) is 0 Å². The van der Waals surface area contributed by atoms with Crippen LogP contribution in [0.4, 0.5) is 0 Å². The minimum absolute atomic E-state index is 0.538. The van der Waals surface area contributed by atoms with Gasteiger partial charge in [0.25, 0.3) is 0 Å². The molecular weight excluding hydrogens is 212 g/mol. The molecule has 3 heteroatoms. The van der Waals surface area contributed by atoms with E-state index in [-0.39, 0.29) is 0 Å². The largest absolute Gasteiger partial charge is 0.385 e. The van der Waals surface area contributed by atoms with Crippen molar-refractivity contribution in [1.29, 1.82) is 0 Å². The van der Waals surface area contributed by atoms with Crippen LogP contribution in [-0.2, 0) is 19.3 Å². The Morgan fingerprint density at radius 2 is 2.18 bits per heavy atom. The van der Waals surface area contributed by atoms with Crippen LogP contribution in [0.1, 0.15) is 35.0 Å². The van der Waals surface area contributed by atoms with E-state index in [1.54, 1.807) is 12.4 Å². The molecule has 0 spiro atoms. The summed E-state index contributed by atoms with van der Waals surface area (Å²) in [6.07, 6.45) is 7.14. The number of fused-ring (bicyclic) bond motifs is 1.